The number of likely N-dealkylation sites (tertiary alicyclic amines) is 1. The number of aliphatic hydroxyl groups excluding tert-OH is 1. The van der Waals surface area contributed by atoms with Gasteiger partial charge >= 0.3 is 0 Å². The molecule has 0 saturated carbocycles. The summed E-state index contributed by atoms with van der Waals surface area (Å²) in [5.41, 5.74) is 0.648. The van der Waals surface area contributed by atoms with Gasteiger partial charge in [-0.1, -0.05) is 23.7 Å². The zero-order valence-electron chi connectivity index (χ0n) is 12.6. The molecule has 1 aliphatic rings. The van der Waals surface area contributed by atoms with Gasteiger partial charge in [0.1, 0.15) is 0 Å². The maximum atomic E-state index is 12.3. The van der Waals surface area contributed by atoms with Crippen molar-refractivity contribution in [3.05, 3.63) is 29.3 Å². The van der Waals surface area contributed by atoms with Crippen LogP contribution in [0.3, 0.4) is 0 Å². The molecule has 2 unspecified atom stereocenters. The van der Waals surface area contributed by atoms with Gasteiger partial charge in [0.05, 0.1) is 22.9 Å². The van der Waals surface area contributed by atoms with Crippen LogP contribution in [-0.2, 0) is 4.79 Å². The molecule has 2 N–H and O–H groups in total. The number of hydrogen-bond acceptors (Lipinski definition) is 3. The second kappa shape index (κ2) is 7.25. The molecule has 0 spiro atoms. The average molecular weight is 311 g/mol. The number of anilines is 1. The number of para-hydroxylation sites is 1. The first-order chi connectivity index (χ1) is 9.99. The van der Waals surface area contributed by atoms with E-state index in [1.165, 1.54) is 0 Å². The van der Waals surface area contributed by atoms with Gasteiger partial charge in [-0.25, -0.2) is 0 Å². The smallest absolute Gasteiger partial charge is 0.241 e. The second-order valence-electron chi connectivity index (χ2n) is 5.76. The Kier molecular flexibility index (Phi) is 5.62. The van der Waals surface area contributed by atoms with Crippen LogP contribution < -0.4 is 5.32 Å². The zero-order chi connectivity index (χ0) is 15.4. The van der Waals surface area contributed by atoms with E-state index in [-0.39, 0.29) is 18.1 Å². The lowest BCUT2D eigenvalue weighted by Gasteiger charge is -2.36. The molecule has 1 aliphatic heterocycles. The number of nitrogens with zero attached hydrogens (tertiary/aromatic N) is 1. The first kappa shape index (κ1) is 16.3. The van der Waals surface area contributed by atoms with Gasteiger partial charge in [0, 0.05) is 0 Å². The van der Waals surface area contributed by atoms with E-state index in [0.29, 0.717) is 16.6 Å². The van der Waals surface area contributed by atoms with Crippen LogP contribution in [0.2, 0.25) is 5.02 Å². The molecule has 0 aliphatic carbocycles. The minimum atomic E-state index is -0.264. The molecular weight excluding hydrogens is 288 g/mol. The van der Waals surface area contributed by atoms with Gasteiger partial charge in [-0.2, -0.15) is 0 Å². The van der Waals surface area contributed by atoms with Crippen LogP contribution in [0.1, 0.15) is 26.7 Å². The first-order valence-electron chi connectivity index (χ1n) is 7.46. The monoisotopic (exact) mass is 310 g/mol. The maximum absolute atomic E-state index is 12.3. The Bertz CT molecular complexity index is 485. The Morgan fingerprint density at radius 1 is 1.33 bits per heavy atom. The highest BCUT2D eigenvalue weighted by molar-refractivity contribution is 6.33. The van der Waals surface area contributed by atoms with Crippen LogP contribution >= 0.6 is 11.6 Å². The molecule has 1 amide bonds. The predicted molar refractivity (Wildman–Crippen MR) is 85.5 cm³/mol. The van der Waals surface area contributed by atoms with E-state index in [1.807, 2.05) is 26.0 Å². The van der Waals surface area contributed by atoms with Crippen LogP contribution in [0.4, 0.5) is 5.69 Å². The van der Waals surface area contributed by atoms with E-state index in [0.717, 1.165) is 25.9 Å². The van der Waals surface area contributed by atoms with Gasteiger partial charge in [-0.3, -0.25) is 9.69 Å². The number of aliphatic hydroxyl groups is 1. The third-order valence-electron chi connectivity index (χ3n) is 4.32. The van der Waals surface area contributed by atoms with Crippen molar-refractivity contribution >= 4 is 23.2 Å². The number of hydrogen-bond donors (Lipinski definition) is 2. The lowest BCUT2D eigenvalue weighted by molar-refractivity contribution is -0.121. The van der Waals surface area contributed by atoms with E-state index < -0.39 is 0 Å². The Labute approximate surface area is 131 Å². The molecule has 0 radical (unpaired) electrons. The molecule has 0 aromatic heterocycles. The summed E-state index contributed by atoms with van der Waals surface area (Å²) >= 11 is 6.06. The highest BCUT2D eigenvalue weighted by atomic mass is 35.5. The minimum absolute atomic E-state index is 0.0430. The van der Waals surface area contributed by atoms with Crippen molar-refractivity contribution in [3.8, 4) is 0 Å². The highest BCUT2D eigenvalue weighted by Gasteiger charge is 2.28. The Morgan fingerprint density at radius 2 is 1.95 bits per heavy atom. The summed E-state index contributed by atoms with van der Waals surface area (Å²) in [4.78, 5) is 14.5. The van der Waals surface area contributed by atoms with Crippen molar-refractivity contribution in [2.24, 2.45) is 5.92 Å². The van der Waals surface area contributed by atoms with Crippen molar-refractivity contribution in [2.75, 3.05) is 18.4 Å². The molecule has 1 aromatic carbocycles. The van der Waals surface area contributed by atoms with Crippen molar-refractivity contribution in [1.82, 2.24) is 4.90 Å². The molecule has 2 rings (SSSR count). The summed E-state index contributed by atoms with van der Waals surface area (Å²) in [5.74, 6) is 0.304. The van der Waals surface area contributed by atoms with Crippen molar-refractivity contribution in [2.45, 2.75) is 38.8 Å². The van der Waals surface area contributed by atoms with Crippen molar-refractivity contribution < 1.29 is 9.90 Å². The highest BCUT2D eigenvalue weighted by Crippen LogP contribution is 2.24. The van der Waals surface area contributed by atoms with Crippen molar-refractivity contribution in [3.63, 3.8) is 0 Å². The predicted octanol–water partition coefficient (Wildman–Crippen LogP) is 2.76. The molecule has 2 atom stereocenters. The Morgan fingerprint density at radius 3 is 2.52 bits per heavy atom. The Balaban J connectivity index is 1.90. The normalized spacial score (nSPS) is 20.0. The third-order valence-corrected chi connectivity index (χ3v) is 4.64. The van der Waals surface area contributed by atoms with Gasteiger partial charge in [0.2, 0.25) is 5.91 Å². The van der Waals surface area contributed by atoms with Crippen molar-refractivity contribution in [1.29, 1.82) is 0 Å². The SMILES string of the molecule is CC(O)C1CCN(C(C)C(=O)Nc2ccccc2Cl)CC1. The summed E-state index contributed by atoms with van der Waals surface area (Å²) in [7, 11) is 0. The number of piperidine rings is 1. The minimum Gasteiger partial charge on any atom is -0.393 e. The van der Waals surface area contributed by atoms with Crippen LogP contribution in [-0.4, -0.2) is 41.1 Å². The molecule has 1 aromatic rings. The number of rotatable bonds is 4. The quantitative estimate of drug-likeness (QED) is 0.899. The second-order valence-corrected chi connectivity index (χ2v) is 6.17. The molecule has 1 saturated heterocycles. The fourth-order valence-electron chi connectivity index (χ4n) is 2.75. The van der Waals surface area contributed by atoms with E-state index in [1.54, 1.807) is 12.1 Å². The van der Waals surface area contributed by atoms with Gasteiger partial charge in [-0.05, 0) is 57.8 Å². The molecule has 116 valence electrons. The standard InChI is InChI=1S/C16H23ClN2O2/c1-11(19-9-7-13(8-10-19)12(2)20)16(21)18-15-6-4-3-5-14(15)17/h3-6,11-13,20H,7-10H2,1-2H3,(H,18,21). The number of benzene rings is 1. The van der Waals surface area contributed by atoms with E-state index in [4.69, 9.17) is 11.6 Å². The summed E-state index contributed by atoms with van der Waals surface area (Å²) in [6.45, 7) is 5.43. The Hall–Kier alpha value is -1.10. The molecule has 4 nitrogen and oxygen atoms in total. The molecule has 1 heterocycles. The molecular formula is C16H23ClN2O2. The van der Waals surface area contributed by atoms with Gasteiger partial charge < -0.3 is 10.4 Å². The van der Waals surface area contributed by atoms with Crippen LogP contribution in [0.25, 0.3) is 0 Å². The van der Waals surface area contributed by atoms with Gasteiger partial charge in [-0.15, -0.1) is 0 Å². The lowest BCUT2D eigenvalue weighted by Crippen LogP contribution is -2.47. The number of halogens is 1. The fraction of sp³-hybridized carbons (Fsp3) is 0.562. The molecule has 5 heteroatoms. The largest absolute Gasteiger partial charge is 0.393 e. The van der Waals surface area contributed by atoms with Gasteiger partial charge in [0.15, 0.2) is 0 Å². The number of carbonyl (C=O) groups excluding carboxylic acids is 1. The topological polar surface area (TPSA) is 52.6 Å². The van der Waals surface area contributed by atoms with Gasteiger partial charge in [0.25, 0.3) is 0 Å². The summed E-state index contributed by atoms with van der Waals surface area (Å²) in [6.07, 6.45) is 1.60. The van der Waals surface area contributed by atoms with Crippen LogP contribution in [0, 0.1) is 5.92 Å². The zero-order valence-corrected chi connectivity index (χ0v) is 13.3. The van der Waals surface area contributed by atoms with E-state index >= 15 is 0 Å². The number of nitrogens with one attached hydrogen (secondary N) is 1. The first-order valence-corrected chi connectivity index (χ1v) is 7.84. The van der Waals surface area contributed by atoms with E-state index in [2.05, 4.69) is 10.2 Å². The van der Waals surface area contributed by atoms with Crippen LogP contribution in [0.15, 0.2) is 24.3 Å². The molecule has 1 fully saturated rings. The molecule has 0 bridgehead atoms. The average Bonchev–Trinajstić information content (AvgIpc) is 2.49. The van der Waals surface area contributed by atoms with E-state index in [9.17, 15) is 9.90 Å². The molecule has 21 heavy (non-hydrogen) atoms. The number of amides is 1. The third kappa shape index (κ3) is 4.19. The number of carbonyl (C=O) groups is 1. The summed E-state index contributed by atoms with van der Waals surface area (Å²) in [5, 5.41) is 13.1. The lowest BCUT2D eigenvalue weighted by atomic mass is 9.91. The fourth-order valence-corrected chi connectivity index (χ4v) is 2.94. The summed E-state index contributed by atoms with van der Waals surface area (Å²) in [6, 6.07) is 7.04. The van der Waals surface area contributed by atoms with Crippen LogP contribution in [0.5, 0.6) is 0 Å². The summed E-state index contributed by atoms with van der Waals surface area (Å²) < 4.78 is 0. The maximum Gasteiger partial charge on any atom is 0.241 e.